The maximum absolute atomic E-state index is 12.7. The van der Waals surface area contributed by atoms with Gasteiger partial charge in [-0.05, 0) is 42.0 Å². The maximum atomic E-state index is 12.7. The van der Waals surface area contributed by atoms with Crippen molar-refractivity contribution in [3.8, 4) is 11.5 Å². The zero-order valence-corrected chi connectivity index (χ0v) is 13.8. The van der Waals surface area contributed by atoms with E-state index in [1.54, 1.807) is 42.9 Å². The van der Waals surface area contributed by atoms with E-state index in [1.807, 2.05) is 10.8 Å². The minimum atomic E-state index is -4.36. The van der Waals surface area contributed by atoms with Crippen molar-refractivity contribution in [3.05, 3.63) is 78.4 Å². The summed E-state index contributed by atoms with van der Waals surface area (Å²) in [6.45, 7) is 1.25. The van der Waals surface area contributed by atoms with Gasteiger partial charge in [-0.1, -0.05) is 12.1 Å². The Balaban J connectivity index is 1.50. The van der Waals surface area contributed by atoms with Crippen LogP contribution in [0.15, 0.2) is 67.3 Å². The second-order valence-corrected chi connectivity index (χ2v) is 5.61. The standard InChI is InChI=1S/C19H17F3N2O2/c20-19(21,22)16-3-1-2-15(12-16)13-26-18-6-4-17(5-7-18)25-11-10-24-9-8-23-14-24/h1-9,12,14H,10-11,13H2. The molecule has 4 nitrogen and oxygen atoms in total. The summed E-state index contributed by atoms with van der Waals surface area (Å²) < 4.78 is 51.2. The van der Waals surface area contributed by atoms with Gasteiger partial charge in [0.2, 0.25) is 0 Å². The van der Waals surface area contributed by atoms with Crippen molar-refractivity contribution in [1.29, 1.82) is 0 Å². The number of halogens is 3. The van der Waals surface area contributed by atoms with Gasteiger partial charge >= 0.3 is 6.18 Å². The Morgan fingerprint density at radius 3 is 2.35 bits per heavy atom. The first kappa shape index (κ1) is 17.8. The Kier molecular flexibility index (Phi) is 5.46. The molecule has 0 aliphatic rings. The van der Waals surface area contributed by atoms with Crippen molar-refractivity contribution in [3.63, 3.8) is 0 Å². The van der Waals surface area contributed by atoms with Gasteiger partial charge in [0.1, 0.15) is 24.7 Å². The van der Waals surface area contributed by atoms with Gasteiger partial charge in [-0.15, -0.1) is 0 Å². The molecule has 0 fully saturated rings. The Bertz CT molecular complexity index is 816. The highest BCUT2D eigenvalue weighted by molar-refractivity contribution is 5.32. The summed E-state index contributed by atoms with van der Waals surface area (Å²) >= 11 is 0. The van der Waals surface area contributed by atoms with Gasteiger partial charge in [0, 0.05) is 12.4 Å². The molecule has 1 aromatic heterocycles. The van der Waals surface area contributed by atoms with Gasteiger partial charge in [0.15, 0.2) is 0 Å². The first-order valence-electron chi connectivity index (χ1n) is 7.98. The minimum Gasteiger partial charge on any atom is -0.492 e. The number of ether oxygens (including phenoxy) is 2. The molecule has 3 rings (SSSR count). The topological polar surface area (TPSA) is 36.3 Å². The smallest absolute Gasteiger partial charge is 0.416 e. The van der Waals surface area contributed by atoms with Gasteiger partial charge in [-0.2, -0.15) is 13.2 Å². The van der Waals surface area contributed by atoms with Crippen molar-refractivity contribution in [1.82, 2.24) is 9.55 Å². The number of rotatable bonds is 7. The number of benzene rings is 2. The summed E-state index contributed by atoms with van der Waals surface area (Å²) in [4.78, 5) is 3.95. The second kappa shape index (κ2) is 7.95. The molecule has 0 bridgehead atoms. The van der Waals surface area contributed by atoms with E-state index in [4.69, 9.17) is 9.47 Å². The average Bonchev–Trinajstić information content (AvgIpc) is 3.14. The van der Waals surface area contributed by atoms with Crippen molar-refractivity contribution in [2.75, 3.05) is 6.61 Å². The van der Waals surface area contributed by atoms with Crippen LogP contribution in [0.2, 0.25) is 0 Å². The Hall–Kier alpha value is -2.96. The molecule has 3 aromatic rings. The summed E-state index contributed by atoms with van der Waals surface area (Å²) in [6, 6.07) is 12.1. The quantitative estimate of drug-likeness (QED) is 0.618. The molecule has 26 heavy (non-hydrogen) atoms. The zero-order valence-electron chi connectivity index (χ0n) is 13.8. The van der Waals surface area contributed by atoms with Gasteiger partial charge < -0.3 is 14.0 Å². The highest BCUT2D eigenvalue weighted by Crippen LogP contribution is 2.29. The van der Waals surface area contributed by atoms with E-state index in [2.05, 4.69) is 4.98 Å². The first-order chi connectivity index (χ1) is 12.5. The Labute approximate surface area is 148 Å². The van der Waals surface area contributed by atoms with E-state index in [1.165, 1.54) is 6.07 Å². The lowest BCUT2D eigenvalue weighted by atomic mass is 10.1. The van der Waals surface area contributed by atoms with Crippen molar-refractivity contribution < 1.29 is 22.6 Å². The molecular formula is C19H17F3N2O2. The van der Waals surface area contributed by atoms with Crippen LogP contribution in [0.25, 0.3) is 0 Å². The molecule has 0 atom stereocenters. The van der Waals surface area contributed by atoms with E-state index in [0.29, 0.717) is 30.2 Å². The Morgan fingerprint density at radius 1 is 0.962 bits per heavy atom. The number of nitrogens with zero attached hydrogens (tertiary/aromatic N) is 2. The van der Waals surface area contributed by atoms with Crippen LogP contribution in [0.3, 0.4) is 0 Å². The average molecular weight is 362 g/mol. The molecule has 0 radical (unpaired) electrons. The number of imidazole rings is 1. The van der Waals surface area contributed by atoms with Crippen molar-refractivity contribution in [2.24, 2.45) is 0 Å². The number of aromatic nitrogens is 2. The van der Waals surface area contributed by atoms with Gasteiger partial charge in [-0.3, -0.25) is 0 Å². The fraction of sp³-hybridized carbons (Fsp3) is 0.211. The van der Waals surface area contributed by atoms with E-state index < -0.39 is 11.7 Å². The molecule has 0 unspecified atom stereocenters. The van der Waals surface area contributed by atoms with Crippen molar-refractivity contribution in [2.45, 2.75) is 19.3 Å². The third kappa shape index (κ3) is 5.02. The molecule has 136 valence electrons. The van der Waals surface area contributed by atoms with Gasteiger partial charge in [0.25, 0.3) is 0 Å². The van der Waals surface area contributed by atoms with E-state index in [0.717, 1.165) is 12.1 Å². The van der Waals surface area contributed by atoms with Crippen LogP contribution in [-0.2, 0) is 19.3 Å². The largest absolute Gasteiger partial charge is 0.492 e. The molecule has 0 saturated heterocycles. The lowest BCUT2D eigenvalue weighted by molar-refractivity contribution is -0.137. The van der Waals surface area contributed by atoms with Gasteiger partial charge in [-0.25, -0.2) is 4.98 Å². The van der Waals surface area contributed by atoms with Gasteiger partial charge in [0.05, 0.1) is 18.4 Å². The van der Waals surface area contributed by atoms with E-state index in [-0.39, 0.29) is 6.61 Å². The molecule has 0 spiro atoms. The molecule has 0 amide bonds. The SMILES string of the molecule is FC(F)(F)c1cccc(COc2ccc(OCCn3ccnc3)cc2)c1. The molecule has 0 aliphatic carbocycles. The summed E-state index contributed by atoms with van der Waals surface area (Å²) in [6.07, 6.45) is 0.921. The highest BCUT2D eigenvalue weighted by Gasteiger charge is 2.30. The first-order valence-corrected chi connectivity index (χ1v) is 7.98. The molecule has 1 heterocycles. The van der Waals surface area contributed by atoms with Crippen molar-refractivity contribution >= 4 is 0 Å². The fourth-order valence-electron chi connectivity index (χ4n) is 2.32. The molecule has 7 heteroatoms. The number of hydrogen-bond donors (Lipinski definition) is 0. The van der Waals surface area contributed by atoms with Crippen LogP contribution < -0.4 is 9.47 Å². The maximum Gasteiger partial charge on any atom is 0.416 e. The zero-order chi connectivity index (χ0) is 18.4. The molecule has 0 N–H and O–H groups in total. The lowest BCUT2D eigenvalue weighted by Crippen LogP contribution is -2.06. The summed E-state index contributed by atoms with van der Waals surface area (Å²) in [5, 5.41) is 0. The van der Waals surface area contributed by atoms with Crippen LogP contribution >= 0.6 is 0 Å². The van der Waals surface area contributed by atoms with Crippen LogP contribution in [0.4, 0.5) is 13.2 Å². The predicted molar refractivity (Wildman–Crippen MR) is 89.9 cm³/mol. The lowest BCUT2D eigenvalue weighted by Gasteiger charge is -2.11. The molecule has 2 aromatic carbocycles. The molecule has 0 aliphatic heterocycles. The number of hydrogen-bond acceptors (Lipinski definition) is 3. The summed E-state index contributed by atoms with van der Waals surface area (Å²) in [5.74, 6) is 1.25. The van der Waals surface area contributed by atoms with E-state index >= 15 is 0 Å². The van der Waals surface area contributed by atoms with E-state index in [9.17, 15) is 13.2 Å². The van der Waals surface area contributed by atoms with Crippen LogP contribution in [0.1, 0.15) is 11.1 Å². The summed E-state index contributed by atoms with van der Waals surface area (Å²) in [5.41, 5.74) is -0.222. The summed E-state index contributed by atoms with van der Waals surface area (Å²) in [7, 11) is 0. The third-order valence-corrected chi connectivity index (χ3v) is 3.66. The molecular weight excluding hydrogens is 345 g/mol. The number of alkyl halides is 3. The minimum absolute atomic E-state index is 0.0603. The van der Waals surface area contributed by atoms with Crippen LogP contribution in [-0.4, -0.2) is 16.2 Å². The van der Waals surface area contributed by atoms with Crippen LogP contribution in [0.5, 0.6) is 11.5 Å². The normalized spacial score (nSPS) is 11.3. The Morgan fingerprint density at radius 2 is 1.69 bits per heavy atom. The second-order valence-electron chi connectivity index (χ2n) is 5.61. The molecule has 0 saturated carbocycles. The van der Waals surface area contributed by atoms with Crippen LogP contribution in [0, 0.1) is 0 Å². The monoisotopic (exact) mass is 362 g/mol. The fourth-order valence-corrected chi connectivity index (χ4v) is 2.32. The predicted octanol–water partition coefficient (Wildman–Crippen LogP) is 4.56. The highest BCUT2D eigenvalue weighted by atomic mass is 19.4. The third-order valence-electron chi connectivity index (χ3n) is 3.66.